The van der Waals surface area contributed by atoms with E-state index >= 15 is 0 Å². The summed E-state index contributed by atoms with van der Waals surface area (Å²) in [6.07, 6.45) is 4.34. The monoisotopic (exact) mass is 915 g/mol. The Morgan fingerprint density at radius 2 is 1.59 bits per heavy atom. The molecule has 0 unspecified atom stereocenters. The van der Waals surface area contributed by atoms with Gasteiger partial charge >= 0.3 is 111 Å². The minimum Gasteiger partial charge on any atom is -0.862 e. The molecule has 0 radical (unpaired) electrons. The van der Waals surface area contributed by atoms with Crippen LogP contribution in [0.25, 0.3) is 10.8 Å². The molecule has 0 aliphatic heterocycles. The number of hydrogen-bond donors (Lipinski definition) is 5. The molecular weight excluding hydrogens is 856 g/mol. The second-order valence-electron chi connectivity index (χ2n) is 15.9. The van der Waals surface area contributed by atoms with Gasteiger partial charge in [-0.15, -0.1) is 0 Å². The number of nitrogens with zero attached hydrogens (tertiary/aromatic N) is 3. The van der Waals surface area contributed by atoms with Crippen molar-refractivity contribution in [2.45, 2.75) is 123 Å². The van der Waals surface area contributed by atoms with E-state index in [4.69, 9.17) is 9.26 Å². The van der Waals surface area contributed by atoms with Gasteiger partial charge < -0.3 is 40.5 Å². The van der Waals surface area contributed by atoms with Crippen molar-refractivity contribution in [3.8, 4) is 5.75 Å². The minimum absolute atomic E-state index is 0. The van der Waals surface area contributed by atoms with Crippen LogP contribution < -0.4 is 128 Å². The number of pyridine rings is 1. The first kappa shape index (κ1) is 56.0. The average Bonchev–Trinajstić information content (AvgIpc) is 3.21. The van der Waals surface area contributed by atoms with Crippen LogP contribution in [0, 0.1) is 23.7 Å². The third kappa shape index (κ3) is 18.7. The molecule has 324 valence electrons. The summed E-state index contributed by atoms with van der Waals surface area (Å²) in [4.78, 5) is 59.4. The molecule has 0 saturated heterocycles. The molecule has 15 nitrogen and oxygen atoms in total. The zero-order valence-electron chi connectivity index (χ0n) is 36.6. The molecule has 7 atom stereocenters. The summed E-state index contributed by atoms with van der Waals surface area (Å²) in [5.74, 6) is -3.60. The summed E-state index contributed by atoms with van der Waals surface area (Å²) in [6.45, 7) is 8.20. The SMILES string of the molecule is CC[C@H](C)[C@H](N=C([O-])[C@@H](C[C@H](O)[C@H](CC1CCCCC1)NC(=O)[C@@H](N=C([O-])COc1cccc2ccccc12)[C@@H](C)OP(=O)(O)O)C(C)C)C(=O)NCc1ccccn1.[K+].[K+]. The number of phosphoric ester groups is 1. The van der Waals surface area contributed by atoms with E-state index in [2.05, 4.69) is 25.6 Å². The van der Waals surface area contributed by atoms with Gasteiger partial charge in [0, 0.05) is 11.6 Å². The van der Waals surface area contributed by atoms with Crippen molar-refractivity contribution in [3.05, 3.63) is 72.6 Å². The van der Waals surface area contributed by atoms with Crippen LogP contribution in [0.3, 0.4) is 0 Å². The molecule has 5 N–H and O–H groups in total. The summed E-state index contributed by atoms with van der Waals surface area (Å²) < 4.78 is 22.5. The third-order valence-electron chi connectivity index (χ3n) is 11.0. The van der Waals surface area contributed by atoms with Crippen molar-refractivity contribution in [1.82, 2.24) is 15.6 Å². The van der Waals surface area contributed by atoms with Gasteiger partial charge in [-0.05, 0) is 78.8 Å². The number of nitrogens with one attached hydrogen (secondary N) is 2. The first-order chi connectivity index (χ1) is 28.1. The number of phosphoric acid groups is 1. The van der Waals surface area contributed by atoms with E-state index < -0.39 is 74.3 Å². The number of aliphatic hydroxyl groups is 1. The first-order valence-corrected chi connectivity index (χ1v) is 22.1. The van der Waals surface area contributed by atoms with Crippen LogP contribution in [0.4, 0.5) is 0 Å². The molecule has 2 aromatic carbocycles. The fraction of sp³-hybridized carbons (Fsp3) is 0.558. The zero-order valence-corrected chi connectivity index (χ0v) is 43.7. The van der Waals surface area contributed by atoms with E-state index in [-0.39, 0.29) is 133 Å². The maximum absolute atomic E-state index is 14.1. The molecule has 0 spiro atoms. The van der Waals surface area contributed by atoms with Gasteiger partial charge in [0.05, 0.1) is 30.5 Å². The largest absolute Gasteiger partial charge is 1.00 e. The molecule has 61 heavy (non-hydrogen) atoms. The Morgan fingerprint density at radius 1 is 0.918 bits per heavy atom. The summed E-state index contributed by atoms with van der Waals surface area (Å²) in [7, 11) is -5.13. The normalized spacial score (nSPS) is 17.5. The minimum atomic E-state index is -5.13. The third-order valence-corrected chi connectivity index (χ3v) is 11.6. The topological polar surface area (TPSA) is 238 Å². The predicted octanol–water partition coefficient (Wildman–Crippen LogP) is -1.78. The summed E-state index contributed by atoms with van der Waals surface area (Å²) in [5.41, 5.74) is 0.653. The van der Waals surface area contributed by atoms with Crippen molar-refractivity contribution in [3.63, 3.8) is 0 Å². The summed E-state index contributed by atoms with van der Waals surface area (Å²) in [6, 6.07) is 14.4. The number of ether oxygens (including phenoxy) is 1. The van der Waals surface area contributed by atoms with Crippen LogP contribution in [0.1, 0.15) is 91.7 Å². The molecule has 1 aromatic heterocycles. The fourth-order valence-electron chi connectivity index (χ4n) is 7.43. The van der Waals surface area contributed by atoms with Crippen molar-refractivity contribution in [2.75, 3.05) is 6.61 Å². The average molecular weight is 916 g/mol. The van der Waals surface area contributed by atoms with Gasteiger partial charge in [0.15, 0.2) is 6.04 Å². The standard InChI is InChI=1S/C43H62N5O10P.2K/c1-6-28(4)39(42(52)45-25-32-19-12-13-22-44-32)48-41(51)34(27(2)3)24-36(49)35(23-30-15-8-7-9-16-30)46-43(53)40(29(5)58-59(54,55)56)47-38(50)26-57-37-21-14-18-31-17-10-11-20-33(31)37;;/h10-14,17-22,27-30,34-36,39-40,49H,6-9,15-16,23-26H2,1-5H3,(H,45,52)(H,46,53)(H,47,50)(H,48,51)(H2,54,55,56);;/q;2*+1/p-2/t28-,29+,34-,35-,36-,39-,40-;;/m0../s1. The Hall–Kier alpha value is -1.13. The zero-order chi connectivity index (χ0) is 43.1. The number of hydrogen-bond acceptors (Lipinski definition) is 11. The van der Waals surface area contributed by atoms with Gasteiger partial charge in [-0.3, -0.25) is 29.1 Å². The predicted molar refractivity (Wildman–Crippen MR) is 222 cm³/mol. The number of aliphatic imine (C=N–C) groups is 2. The van der Waals surface area contributed by atoms with E-state index in [0.717, 1.165) is 42.9 Å². The molecule has 2 amide bonds. The van der Waals surface area contributed by atoms with Crippen LogP contribution in [0.5, 0.6) is 5.75 Å². The van der Waals surface area contributed by atoms with E-state index in [1.165, 1.54) is 6.92 Å². The van der Waals surface area contributed by atoms with Gasteiger partial charge in [0.25, 0.3) is 0 Å². The molecule has 1 saturated carbocycles. The van der Waals surface area contributed by atoms with Gasteiger partial charge in [-0.25, -0.2) is 4.57 Å². The molecule has 0 bridgehead atoms. The maximum atomic E-state index is 14.1. The number of aromatic nitrogens is 1. The second kappa shape index (κ2) is 28.0. The van der Waals surface area contributed by atoms with E-state index in [1.807, 2.05) is 64.1 Å². The summed E-state index contributed by atoms with van der Waals surface area (Å²) >= 11 is 0. The number of carbonyl (C=O) groups is 2. The van der Waals surface area contributed by atoms with Crippen LogP contribution >= 0.6 is 7.82 Å². The van der Waals surface area contributed by atoms with Crippen molar-refractivity contribution < 1.29 is 151 Å². The van der Waals surface area contributed by atoms with Gasteiger partial charge in [0.2, 0.25) is 11.8 Å². The first-order valence-electron chi connectivity index (χ1n) is 20.5. The van der Waals surface area contributed by atoms with Crippen LogP contribution in [-0.4, -0.2) is 80.4 Å². The molecule has 18 heteroatoms. The van der Waals surface area contributed by atoms with E-state index in [0.29, 0.717) is 24.3 Å². The molecule has 1 aliphatic carbocycles. The van der Waals surface area contributed by atoms with E-state index in [1.54, 1.807) is 30.5 Å². The molecular formula is C43H60K2N5O10P. The van der Waals surface area contributed by atoms with Crippen molar-refractivity contribution in [2.24, 2.45) is 33.7 Å². The number of benzene rings is 2. The Bertz CT molecular complexity index is 1910. The van der Waals surface area contributed by atoms with Crippen LogP contribution in [-0.2, 0) is 25.2 Å². The molecule has 3 aromatic rings. The van der Waals surface area contributed by atoms with Gasteiger partial charge in [0.1, 0.15) is 18.4 Å². The maximum Gasteiger partial charge on any atom is 1.00 e. The smallest absolute Gasteiger partial charge is 0.862 e. The number of aliphatic hydroxyl groups excluding tert-OH is 1. The van der Waals surface area contributed by atoms with Crippen LogP contribution in [0.15, 0.2) is 76.8 Å². The molecule has 1 heterocycles. The second-order valence-corrected chi connectivity index (χ2v) is 17.1. The number of carbonyl (C=O) groups excluding carboxylic acids is 2. The molecule has 1 aliphatic rings. The Labute approximate surface area is 444 Å². The van der Waals surface area contributed by atoms with Crippen molar-refractivity contribution in [1.29, 1.82) is 0 Å². The Kier molecular flexibility index (Phi) is 25.7. The van der Waals surface area contributed by atoms with Gasteiger partial charge in [-0.2, -0.15) is 0 Å². The quantitative estimate of drug-likeness (QED) is 0.0327. The van der Waals surface area contributed by atoms with Crippen LogP contribution in [0.2, 0.25) is 0 Å². The Morgan fingerprint density at radius 3 is 2.23 bits per heavy atom. The Balaban J connectivity index is 0.00000641. The molecule has 4 rings (SSSR count). The van der Waals surface area contributed by atoms with Crippen molar-refractivity contribution >= 4 is 42.2 Å². The fourth-order valence-corrected chi connectivity index (χ4v) is 7.98. The molecule has 1 fully saturated rings. The summed E-state index contributed by atoms with van der Waals surface area (Å²) in [5, 5.41) is 46.3. The van der Waals surface area contributed by atoms with E-state index in [9.17, 15) is 39.3 Å². The number of amides is 2. The number of fused-ring (bicyclic) bond motifs is 1. The number of rotatable bonds is 22. The van der Waals surface area contributed by atoms with Gasteiger partial charge in [-0.1, -0.05) is 109 Å².